The van der Waals surface area contributed by atoms with Crippen LogP contribution < -0.4 is 5.56 Å². The summed E-state index contributed by atoms with van der Waals surface area (Å²) >= 11 is 1.53. The predicted octanol–water partition coefficient (Wildman–Crippen LogP) is 3.20. The number of hydrogen-bond acceptors (Lipinski definition) is 4. The van der Waals surface area contributed by atoms with Crippen molar-refractivity contribution in [2.45, 2.75) is 32.9 Å². The van der Waals surface area contributed by atoms with E-state index in [1.165, 1.54) is 22.2 Å². The summed E-state index contributed by atoms with van der Waals surface area (Å²) in [6.45, 7) is 5.59. The molecule has 0 atom stereocenters. The molecule has 0 saturated carbocycles. The van der Waals surface area contributed by atoms with Gasteiger partial charge in [-0.15, -0.1) is 11.3 Å². The summed E-state index contributed by atoms with van der Waals surface area (Å²) in [5.74, 6) is 0. The fraction of sp³-hybridized carbons (Fsp3) is 0.294. The molecule has 0 amide bonds. The van der Waals surface area contributed by atoms with Gasteiger partial charge in [0.05, 0.1) is 23.9 Å². The average Bonchev–Trinajstić information content (AvgIpc) is 2.79. The zero-order valence-electron chi connectivity index (χ0n) is 12.8. The minimum absolute atomic E-state index is 0.102. The highest BCUT2D eigenvalue weighted by Crippen LogP contribution is 2.35. The standard InChI is InChI=1S/C17H18N2O2S/c1-11-13(12-7-5-4-6-8-12)14-15(22-11)18-10-19(16(14)20)9-17(2,3)21/h4-8,10,21H,9H2,1-3H3. The average molecular weight is 314 g/mol. The topological polar surface area (TPSA) is 55.1 Å². The number of benzene rings is 1. The second kappa shape index (κ2) is 5.34. The maximum absolute atomic E-state index is 12.8. The Morgan fingerprint density at radius 1 is 1.27 bits per heavy atom. The normalized spacial score (nSPS) is 12.0. The number of hydrogen-bond donors (Lipinski definition) is 1. The van der Waals surface area contributed by atoms with E-state index in [1.807, 2.05) is 37.3 Å². The third-order valence-corrected chi connectivity index (χ3v) is 4.49. The Labute approximate surface area is 132 Å². The molecule has 0 unspecified atom stereocenters. The summed E-state index contributed by atoms with van der Waals surface area (Å²) in [4.78, 5) is 19.1. The molecule has 3 aromatic rings. The first-order valence-electron chi connectivity index (χ1n) is 7.13. The quantitative estimate of drug-likeness (QED) is 0.807. The molecule has 1 N–H and O–H groups in total. The zero-order valence-corrected chi connectivity index (χ0v) is 13.6. The fourth-order valence-corrected chi connectivity index (χ4v) is 3.62. The van der Waals surface area contributed by atoms with Gasteiger partial charge in [-0.2, -0.15) is 0 Å². The van der Waals surface area contributed by atoms with Gasteiger partial charge in [0.2, 0.25) is 0 Å². The van der Waals surface area contributed by atoms with Crippen LogP contribution in [0.4, 0.5) is 0 Å². The Kier molecular flexibility index (Phi) is 3.62. The third-order valence-electron chi connectivity index (χ3n) is 3.47. The van der Waals surface area contributed by atoms with Crippen LogP contribution in [0.2, 0.25) is 0 Å². The van der Waals surface area contributed by atoms with Gasteiger partial charge in [0.1, 0.15) is 4.83 Å². The van der Waals surface area contributed by atoms with Gasteiger partial charge in [-0.1, -0.05) is 30.3 Å². The van der Waals surface area contributed by atoms with Gasteiger partial charge in [-0.25, -0.2) is 4.98 Å². The van der Waals surface area contributed by atoms with Gasteiger partial charge < -0.3 is 5.11 Å². The number of aryl methyl sites for hydroxylation is 1. The molecule has 2 heterocycles. The smallest absolute Gasteiger partial charge is 0.262 e. The molecule has 5 heteroatoms. The second-order valence-corrected chi connectivity index (χ2v) is 7.27. The molecule has 0 saturated heterocycles. The van der Waals surface area contributed by atoms with Crippen LogP contribution in [0.1, 0.15) is 18.7 Å². The van der Waals surface area contributed by atoms with Gasteiger partial charge in [0.25, 0.3) is 5.56 Å². The Bertz CT molecular complexity index is 873. The van der Waals surface area contributed by atoms with E-state index in [-0.39, 0.29) is 12.1 Å². The summed E-state index contributed by atoms with van der Waals surface area (Å²) < 4.78 is 1.49. The van der Waals surface area contributed by atoms with Crippen LogP contribution in [0.5, 0.6) is 0 Å². The molecular weight excluding hydrogens is 296 g/mol. The first kappa shape index (κ1) is 14.9. The van der Waals surface area contributed by atoms with Crippen LogP contribution in [0.15, 0.2) is 41.5 Å². The highest BCUT2D eigenvalue weighted by molar-refractivity contribution is 7.19. The van der Waals surface area contributed by atoms with E-state index in [0.29, 0.717) is 5.39 Å². The van der Waals surface area contributed by atoms with Crippen molar-refractivity contribution in [2.75, 3.05) is 0 Å². The molecule has 3 rings (SSSR count). The molecule has 0 radical (unpaired) electrons. The van der Waals surface area contributed by atoms with E-state index in [4.69, 9.17) is 0 Å². The van der Waals surface area contributed by atoms with Crippen molar-refractivity contribution in [1.29, 1.82) is 0 Å². The highest BCUT2D eigenvalue weighted by atomic mass is 32.1. The minimum atomic E-state index is -0.961. The lowest BCUT2D eigenvalue weighted by atomic mass is 10.0. The molecular formula is C17H18N2O2S. The Balaban J connectivity index is 2.28. The van der Waals surface area contributed by atoms with Crippen molar-refractivity contribution in [3.8, 4) is 11.1 Å². The summed E-state index contributed by atoms with van der Waals surface area (Å²) in [6.07, 6.45) is 1.52. The van der Waals surface area contributed by atoms with Crippen molar-refractivity contribution < 1.29 is 5.11 Å². The van der Waals surface area contributed by atoms with E-state index in [1.54, 1.807) is 13.8 Å². The molecule has 0 fully saturated rings. The van der Waals surface area contributed by atoms with Gasteiger partial charge in [-0.05, 0) is 26.3 Å². The molecule has 0 spiro atoms. The van der Waals surface area contributed by atoms with Gasteiger partial charge >= 0.3 is 0 Å². The lowest BCUT2D eigenvalue weighted by Gasteiger charge is -2.18. The third kappa shape index (κ3) is 2.69. The molecule has 2 aromatic heterocycles. The molecule has 1 aromatic carbocycles. The van der Waals surface area contributed by atoms with Crippen molar-refractivity contribution in [2.24, 2.45) is 0 Å². The number of thiophene rings is 1. The Hall–Kier alpha value is -1.98. The maximum atomic E-state index is 12.8. The molecule has 0 aliphatic carbocycles. The second-order valence-electron chi connectivity index (χ2n) is 6.07. The van der Waals surface area contributed by atoms with Crippen LogP contribution in [0.3, 0.4) is 0 Å². The molecule has 114 valence electrons. The van der Waals surface area contributed by atoms with Gasteiger partial charge in [-0.3, -0.25) is 9.36 Å². The van der Waals surface area contributed by atoms with E-state index < -0.39 is 5.60 Å². The van der Waals surface area contributed by atoms with Crippen LogP contribution in [0, 0.1) is 6.92 Å². The fourth-order valence-electron chi connectivity index (χ4n) is 2.62. The van der Waals surface area contributed by atoms with Crippen LogP contribution >= 0.6 is 11.3 Å². The zero-order chi connectivity index (χ0) is 15.9. The van der Waals surface area contributed by atoms with Crippen LogP contribution in [-0.2, 0) is 6.54 Å². The predicted molar refractivity (Wildman–Crippen MR) is 90.4 cm³/mol. The van der Waals surface area contributed by atoms with E-state index in [2.05, 4.69) is 4.98 Å². The number of aliphatic hydroxyl groups is 1. The highest BCUT2D eigenvalue weighted by Gasteiger charge is 2.19. The van der Waals surface area contributed by atoms with Crippen LogP contribution in [0.25, 0.3) is 21.3 Å². The van der Waals surface area contributed by atoms with E-state index in [0.717, 1.165) is 20.8 Å². The largest absolute Gasteiger partial charge is 0.389 e. The summed E-state index contributed by atoms with van der Waals surface area (Å²) in [6, 6.07) is 9.88. The molecule has 0 aliphatic rings. The summed E-state index contributed by atoms with van der Waals surface area (Å²) in [5.41, 5.74) is 0.904. The first-order chi connectivity index (χ1) is 10.4. The summed E-state index contributed by atoms with van der Waals surface area (Å²) in [5, 5.41) is 10.6. The number of nitrogens with zero attached hydrogens (tertiary/aromatic N) is 2. The monoisotopic (exact) mass is 314 g/mol. The molecule has 0 aliphatic heterocycles. The lowest BCUT2D eigenvalue weighted by Crippen LogP contribution is -2.32. The van der Waals surface area contributed by atoms with E-state index in [9.17, 15) is 9.90 Å². The Morgan fingerprint density at radius 3 is 2.59 bits per heavy atom. The van der Waals surface area contributed by atoms with Crippen molar-refractivity contribution in [1.82, 2.24) is 9.55 Å². The van der Waals surface area contributed by atoms with Crippen molar-refractivity contribution in [3.05, 3.63) is 51.9 Å². The lowest BCUT2D eigenvalue weighted by molar-refractivity contribution is 0.0603. The number of aromatic nitrogens is 2. The van der Waals surface area contributed by atoms with Crippen molar-refractivity contribution in [3.63, 3.8) is 0 Å². The minimum Gasteiger partial charge on any atom is -0.389 e. The maximum Gasteiger partial charge on any atom is 0.262 e. The Morgan fingerprint density at radius 2 is 1.95 bits per heavy atom. The van der Waals surface area contributed by atoms with Gasteiger partial charge in [0, 0.05) is 10.4 Å². The molecule has 4 nitrogen and oxygen atoms in total. The molecule has 0 bridgehead atoms. The van der Waals surface area contributed by atoms with Gasteiger partial charge in [0.15, 0.2) is 0 Å². The number of rotatable bonds is 3. The SMILES string of the molecule is Cc1sc2ncn(CC(C)(C)O)c(=O)c2c1-c1ccccc1. The van der Waals surface area contributed by atoms with E-state index >= 15 is 0 Å². The van der Waals surface area contributed by atoms with Crippen molar-refractivity contribution >= 4 is 21.6 Å². The molecule has 22 heavy (non-hydrogen) atoms. The number of fused-ring (bicyclic) bond motifs is 1. The van der Waals surface area contributed by atoms with Crippen LogP contribution in [-0.4, -0.2) is 20.3 Å². The summed E-state index contributed by atoms with van der Waals surface area (Å²) in [7, 11) is 0. The first-order valence-corrected chi connectivity index (χ1v) is 7.95.